The summed E-state index contributed by atoms with van der Waals surface area (Å²) in [7, 11) is -4.64. The van der Waals surface area contributed by atoms with Crippen LogP contribution in [0.3, 0.4) is 0 Å². The quantitative estimate of drug-likeness (QED) is 0.299. The van der Waals surface area contributed by atoms with Gasteiger partial charge >= 0.3 is 26.7 Å². The molecule has 3 N–H and O–H groups in total. The molecule has 0 aromatic rings. The van der Waals surface area contributed by atoms with Crippen molar-refractivity contribution in [1.29, 1.82) is 0 Å². The Morgan fingerprint density at radius 3 is 1.14 bits per heavy atom. The fraction of sp³-hybridized carbons (Fsp3) is 0. The zero-order chi connectivity index (χ0) is 4.50. The summed E-state index contributed by atoms with van der Waals surface area (Å²) in [6.45, 7) is 0. The molecule has 0 atom stereocenters. The van der Waals surface area contributed by atoms with E-state index in [-0.39, 0.29) is 35.6 Å². The van der Waals surface area contributed by atoms with E-state index < -0.39 is 7.82 Å². The Morgan fingerprint density at radius 1 is 1.14 bits per heavy atom. The van der Waals surface area contributed by atoms with Crippen molar-refractivity contribution in [2.45, 2.75) is 0 Å². The molecule has 7 heteroatoms. The first kappa shape index (κ1) is 15.7. The number of hydrogen-bond donors (Lipinski definition) is 3. The third kappa shape index (κ3) is 133. The van der Waals surface area contributed by atoms with Gasteiger partial charge in [0.25, 0.3) is 0 Å². The van der Waals surface area contributed by atoms with Crippen molar-refractivity contribution in [2.75, 3.05) is 0 Å². The Bertz CT molecular complexity index is 57.8. The van der Waals surface area contributed by atoms with Crippen LogP contribution in [0.15, 0.2) is 0 Å². The van der Waals surface area contributed by atoms with Crippen LogP contribution in [0.4, 0.5) is 0 Å². The van der Waals surface area contributed by atoms with E-state index in [0.29, 0.717) is 0 Å². The van der Waals surface area contributed by atoms with Crippen LogP contribution in [-0.4, -0.2) is 33.5 Å². The van der Waals surface area contributed by atoms with Crippen molar-refractivity contribution in [3.05, 3.63) is 0 Å². The number of rotatable bonds is 0. The van der Waals surface area contributed by atoms with Gasteiger partial charge in [-0.05, 0) is 0 Å². The van der Waals surface area contributed by atoms with Gasteiger partial charge in [0.05, 0.1) is 0 Å². The molecule has 0 unspecified atom stereocenters. The van der Waals surface area contributed by atoms with Crippen LogP contribution in [0.5, 0.6) is 0 Å². The molecule has 0 spiro atoms. The van der Waals surface area contributed by atoms with E-state index in [2.05, 4.69) is 0 Å². The molecule has 0 saturated carbocycles. The van der Waals surface area contributed by atoms with Gasteiger partial charge in [0, 0.05) is 16.8 Å². The topological polar surface area (TPSA) is 77.8 Å². The molecule has 43 valence electrons. The second kappa shape index (κ2) is 5.35. The molecule has 0 amide bonds. The summed E-state index contributed by atoms with van der Waals surface area (Å²) >= 11 is 0. The van der Waals surface area contributed by atoms with Crippen molar-refractivity contribution in [3.63, 3.8) is 0 Å². The van der Waals surface area contributed by atoms with Gasteiger partial charge in [0.1, 0.15) is 0 Å². The van der Waals surface area contributed by atoms with Gasteiger partial charge in [0.15, 0.2) is 0 Å². The number of hydrogen-bond acceptors (Lipinski definition) is 1. The molecular formula is H4CoLiO4P. The first-order valence-electron chi connectivity index (χ1n) is 0.783. The zero-order valence-electron chi connectivity index (χ0n) is 2.53. The average Bonchev–Trinajstić information content (AvgIpc) is 0.722. The van der Waals surface area contributed by atoms with Crippen LogP contribution in [0, 0.1) is 0 Å². The van der Waals surface area contributed by atoms with Gasteiger partial charge in [0.2, 0.25) is 0 Å². The first-order valence-corrected chi connectivity index (χ1v) is 2.35. The molecule has 0 bridgehead atoms. The molecule has 0 aliphatic carbocycles. The second-order valence-electron chi connectivity index (χ2n) is 0.513. The molecule has 0 heterocycles. The van der Waals surface area contributed by atoms with Gasteiger partial charge < -0.3 is 14.7 Å². The van der Waals surface area contributed by atoms with Crippen LogP contribution in [0.25, 0.3) is 0 Å². The molecule has 7 heavy (non-hydrogen) atoms. The molecule has 0 fully saturated rings. The van der Waals surface area contributed by atoms with E-state index in [4.69, 9.17) is 19.2 Å². The van der Waals surface area contributed by atoms with Crippen LogP contribution in [0.1, 0.15) is 0 Å². The molecular weight excluding hydrogens is 161 g/mol. The van der Waals surface area contributed by atoms with Crippen LogP contribution in [-0.2, 0) is 21.3 Å². The first-order chi connectivity index (χ1) is 2.00. The minimum atomic E-state index is -4.64. The van der Waals surface area contributed by atoms with E-state index in [1.807, 2.05) is 0 Å². The fourth-order valence-corrected chi connectivity index (χ4v) is 0. The van der Waals surface area contributed by atoms with Crippen molar-refractivity contribution in [2.24, 2.45) is 0 Å². The standard InChI is InChI=1S/Co.Li.H3O4P.H/c;;1-5(2,3)4;/h;;(H3,1,2,3,4);. The van der Waals surface area contributed by atoms with E-state index in [0.717, 1.165) is 0 Å². The Hall–Kier alpha value is 1.21. The van der Waals surface area contributed by atoms with Crippen LogP contribution >= 0.6 is 7.82 Å². The summed E-state index contributed by atoms with van der Waals surface area (Å²) < 4.78 is 8.88. The van der Waals surface area contributed by atoms with Crippen molar-refractivity contribution < 1.29 is 36.0 Å². The predicted molar refractivity (Wildman–Crippen MR) is 21.4 cm³/mol. The second-order valence-corrected chi connectivity index (χ2v) is 1.54. The van der Waals surface area contributed by atoms with Gasteiger partial charge in [-0.2, -0.15) is 0 Å². The Kier molecular flexibility index (Phi) is 12.0. The minimum absolute atomic E-state index is 0. The van der Waals surface area contributed by atoms with Crippen LogP contribution in [0.2, 0.25) is 0 Å². The van der Waals surface area contributed by atoms with E-state index in [1.165, 1.54) is 0 Å². The van der Waals surface area contributed by atoms with Crippen molar-refractivity contribution in [1.82, 2.24) is 0 Å². The molecule has 1 radical (unpaired) electrons. The van der Waals surface area contributed by atoms with Crippen molar-refractivity contribution >= 4 is 26.7 Å². The summed E-state index contributed by atoms with van der Waals surface area (Å²) in [5, 5.41) is 0. The van der Waals surface area contributed by atoms with Gasteiger partial charge in [-0.25, -0.2) is 4.57 Å². The van der Waals surface area contributed by atoms with Crippen molar-refractivity contribution in [3.8, 4) is 0 Å². The maximum absolute atomic E-state index is 8.88. The molecule has 0 saturated heterocycles. The average molecular weight is 165 g/mol. The zero-order valence-corrected chi connectivity index (χ0v) is 4.47. The fourth-order valence-electron chi connectivity index (χ4n) is 0. The molecule has 0 aromatic carbocycles. The Morgan fingerprint density at radius 2 is 1.14 bits per heavy atom. The molecule has 0 aliphatic heterocycles. The third-order valence-corrected chi connectivity index (χ3v) is 0. The summed E-state index contributed by atoms with van der Waals surface area (Å²) in [6, 6.07) is 0. The molecule has 0 rings (SSSR count). The molecule has 0 aliphatic rings. The monoisotopic (exact) mass is 165 g/mol. The Balaban J connectivity index is -0.0000000800. The third-order valence-electron chi connectivity index (χ3n) is 0. The van der Waals surface area contributed by atoms with Gasteiger partial charge in [-0.15, -0.1) is 0 Å². The van der Waals surface area contributed by atoms with Crippen LogP contribution < -0.4 is 0 Å². The van der Waals surface area contributed by atoms with E-state index in [9.17, 15) is 0 Å². The maximum atomic E-state index is 8.88. The summed E-state index contributed by atoms with van der Waals surface area (Å²) in [6.07, 6.45) is 0. The summed E-state index contributed by atoms with van der Waals surface area (Å²) in [5.74, 6) is 0. The Labute approximate surface area is 62.9 Å². The number of phosphoric acid groups is 1. The molecule has 0 aromatic heterocycles. The van der Waals surface area contributed by atoms with Gasteiger partial charge in [-0.3, -0.25) is 0 Å². The van der Waals surface area contributed by atoms with E-state index >= 15 is 0 Å². The summed E-state index contributed by atoms with van der Waals surface area (Å²) in [4.78, 5) is 21.6. The normalized spacial score (nSPS) is 8.43. The predicted octanol–water partition coefficient (Wildman–Crippen LogP) is -1.58. The van der Waals surface area contributed by atoms with Gasteiger partial charge in [-0.1, -0.05) is 0 Å². The SMILES string of the molecule is O=P(O)(O)O.[Co].[LiH]. The summed E-state index contributed by atoms with van der Waals surface area (Å²) in [5.41, 5.74) is 0. The molecule has 4 nitrogen and oxygen atoms in total. The van der Waals surface area contributed by atoms with E-state index in [1.54, 1.807) is 0 Å².